The van der Waals surface area contributed by atoms with Gasteiger partial charge in [0.15, 0.2) is 11.6 Å². The number of halogens is 2. The third kappa shape index (κ3) is 2.47. The molecule has 0 unspecified atom stereocenters. The van der Waals surface area contributed by atoms with E-state index in [1.54, 1.807) is 0 Å². The van der Waals surface area contributed by atoms with Gasteiger partial charge in [-0.3, -0.25) is 0 Å². The van der Waals surface area contributed by atoms with E-state index in [9.17, 15) is 17.2 Å². The van der Waals surface area contributed by atoms with Crippen LogP contribution in [0.5, 0.6) is 0 Å². The second kappa shape index (κ2) is 4.72. The van der Waals surface area contributed by atoms with E-state index in [0.717, 1.165) is 12.1 Å². The van der Waals surface area contributed by atoms with Crippen LogP contribution in [-0.2, 0) is 16.6 Å². The topological polar surface area (TPSA) is 66.4 Å². The molecule has 1 fully saturated rings. The van der Waals surface area contributed by atoms with Crippen LogP contribution in [0.3, 0.4) is 0 Å². The number of nitrogens with one attached hydrogen (secondary N) is 1. The van der Waals surface area contributed by atoms with Gasteiger partial charge in [-0.2, -0.15) is 0 Å². The Balaban J connectivity index is 2.40. The van der Waals surface area contributed by atoms with E-state index in [2.05, 4.69) is 4.72 Å². The highest BCUT2D eigenvalue weighted by Crippen LogP contribution is 2.62. The van der Waals surface area contributed by atoms with Crippen LogP contribution < -0.4 is 4.72 Å². The molecule has 0 atom stereocenters. The summed E-state index contributed by atoms with van der Waals surface area (Å²) < 4.78 is 54.3. The van der Waals surface area contributed by atoms with Gasteiger partial charge < -0.3 is 5.11 Å². The van der Waals surface area contributed by atoms with Gasteiger partial charge in [0.2, 0.25) is 10.0 Å². The SMILES string of the molecule is CC1(C)C(NS(=O)(=O)c2cc(CO)cc(F)c2F)C1(C)C. The standard InChI is InChI=1S/C14H19F2NO3S/c1-13(2)12(14(13,3)4)17-21(19,20)10-6-8(7-18)5-9(15)11(10)16/h5-6,12,17-18H,7H2,1-4H3. The summed E-state index contributed by atoms with van der Waals surface area (Å²) in [4.78, 5) is -0.773. The van der Waals surface area contributed by atoms with Gasteiger partial charge in [0, 0.05) is 6.04 Å². The molecule has 1 aromatic rings. The van der Waals surface area contributed by atoms with Gasteiger partial charge in [0.05, 0.1) is 6.61 Å². The highest BCUT2D eigenvalue weighted by Gasteiger charge is 2.66. The molecule has 21 heavy (non-hydrogen) atoms. The molecule has 2 rings (SSSR count). The van der Waals surface area contributed by atoms with Crippen LogP contribution in [0.2, 0.25) is 0 Å². The molecule has 0 spiro atoms. The van der Waals surface area contributed by atoms with Gasteiger partial charge in [-0.15, -0.1) is 0 Å². The third-order valence-electron chi connectivity index (χ3n) is 4.82. The monoisotopic (exact) mass is 319 g/mol. The fourth-order valence-corrected chi connectivity index (χ4v) is 4.28. The maximum absolute atomic E-state index is 13.8. The number of rotatable bonds is 4. The highest BCUT2D eigenvalue weighted by atomic mass is 32.2. The second-order valence-corrected chi connectivity index (χ2v) is 8.23. The second-order valence-electron chi connectivity index (χ2n) is 6.55. The lowest BCUT2D eigenvalue weighted by Gasteiger charge is -2.11. The van der Waals surface area contributed by atoms with E-state index in [1.807, 2.05) is 27.7 Å². The lowest BCUT2D eigenvalue weighted by Crippen LogP contribution is -2.31. The van der Waals surface area contributed by atoms with Crippen LogP contribution in [0, 0.1) is 22.5 Å². The normalized spacial score (nSPS) is 20.5. The Kier molecular flexibility index (Phi) is 3.67. The van der Waals surface area contributed by atoms with Crippen LogP contribution in [0.25, 0.3) is 0 Å². The van der Waals surface area contributed by atoms with Crippen molar-refractivity contribution in [1.82, 2.24) is 4.72 Å². The maximum Gasteiger partial charge on any atom is 0.243 e. The Morgan fingerprint density at radius 3 is 2.14 bits per heavy atom. The minimum atomic E-state index is -4.20. The molecule has 0 aliphatic heterocycles. The summed E-state index contributed by atoms with van der Waals surface area (Å²) >= 11 is 0. The molecule has 0 saturated heterocycles. The molecule has 118 valence electrons. The van der Waals surface area contributed by atoms with E-state index in [0.29, 0.717) is 0 Å². The Hall–Kier alpha value is -1.05. The number of benzene rings is 1. The molecule has 7 heteroatoms. The summed E-state index contributed by atoms with van der Waals surface area (Å²) in [6.45, 7) is 7.05. The molecule has 0 amide bonds. The number of hydrogen-bond acceptors (Lipinski definition) is 3. The Morgan fingerprint density at radius 2 is 1.71 bits per heavy atom. The van der Waals surface area contributed by atoms with Crippen LogP contribution in [0.4, 0.5) is 8.78 Å². The molecule has 1 aliphatic rings. The first-order chi connectivity index (χ1) is 9.45. The molecule has 0 aromatic heterocycles. The summed E-state index contributed by atoms with van der Waals surface area (Å²) in [6, 6.07) is 1.36. The zero-order valence-electron chi connectivity index (χ0n) is 12.4. The van der Waals surface area contributed by atoms with E-state index in [-0.39, 0.29) is 22.4 Å². The third-order valence-corrected chi connectivity index (χ3v) is 6.24. The number of hydrogen-bond donors (Lipinski definition) is 2. The van der Waals surface area contributed by atoms with Crippen molar-refractivity contribution in [2.24, 2.45) is 10.8 Å². The molecule has 1 saturated carbocycles. The van der Waals surface area contributed by atoms with Crippen molar-refractivity contribution >= 4 is 10.0 Å². The summed E-state index contributed by atoms with van der Waals surface area (Å²) in [5.74, 6) is -2.73. The van der Waals surface area contributed by atoms with Gasteiger partial charge in [-0.05, 0) is 28.5 Å². The fraction of sp³-hybridized carbons (Fsp3) is 0.571. The highest BCUT2D eigenvalue weighted by molar-refractivity contribution is 7.89. The summed E-state index contributed by atoms with van der Waals surface area (Å²) in [5, 5.41) is 9.00. The van der Waals surface area contributed by atoms with Crippen molar-refractivity contribution in [2.75, 3.05) is 0 Å². The van der Waals surface area contributed by atoms with Crippen LogP contribution in [-0.4, -0.2) is 19.6 Å². The van der Waals surface area contributed by atoms with Gasteiger partial charge in [0.25, 0.3) is 0 Å². The minimum Gasteiger partial charge on any atom is -0.392 e. The van der Waals surface area contributed by atoms with E-state index in [4.69, 9.17) is 5.11 Å². The van der Waals surface area contributed by atoms with E-state index < -0.39 is 33.2 Å². The summed E-state index contributed by atoms with van der Waals surface area (Å²) in [6.07, 6.45) is 0. The molecule has 0 bridgehead atoms. The van der Waals surface area contributed by atoms with Gasteiger partial charge in [-0.25, -0.2) is 21.9 Å². The van der Waals surface area contributed by atoms with E-state index >= 15 is 0 Å². The predicted molar refractivity (Wildman–Crippen MR) is 74.0 cm³/mol. The number of aliphatic hydroxyl groups excluding tert-OH is 1. The number of aliphatic hydroxyl groups is 1. The van der Waals surface area contributed by atoms with E-state index in [1.165, 1.54) is 0 Å². The lowest BCUT2D eigenvalue weighted by atomic mass is 10.0. The zero-order chi connectivity index (χ0) is 16.2. The molecule has 2 N–H and O–H groups in total. The Morgan fingerprint density at radius 1 is 1.19 bits per heavy atom. The first kappa shape index (κ1) is 16.3. The lowest BCUT2D eigenvalue weighted by molar-refractivity contribution is 0.280. The quantitative estimate of drug-likeness (QED) is 0.894. The Labute approximate surface area is 123 Å². The van der Waals surface area contributed by atoms with Crippen molar-refractivity contribution in [3.8, 4) is 0 Å². The first-order valence-electron chi connectivity index (χ1n) is 6.56. The largest absolute Gasteiger partial charge is 0.392 e. The summed E-state index contributed by atoms with van der Waals surface area (Å²) in [5.41, 5.74) is -0.545. The average Bonchev–Trinajstić information content (AvgIpc) is 2.74. The van der Waals surface area contributed by atoms with Gasteiger partial charge in [-0.1, -0.05) is 27.7 Å². The maximum atomic E-state index is 13.8. The Bertz CT molecular complexity index is 670. The van der Waals surface area contributed by atoms with Crippen LogP contribution in [0.15, 0.2) is 17.0 Å². The van der Waals surface area contributed by atoms with Crippen molar-refractivity contribution < 1.29 is 22.3 Å². The van der Waals surface area contributed by atoms with Crippen molar-refractivity contribution in [1.29, 1.82) is 0 Å². The molecule has 1 aliphatic carbocycles. The van der Waals surface area contributed by atoms with Crippen LogP contribution >= 0.6 is 0 Å². The van der Waals surface area contributed by atoms with Crippen LogP contribution in [0.1, 0.15) is 33.3 Å². The molecule has 4 nitrogen and oxygen atoms in total. The van der Waals surface area contributed by atoms with Crippen molar-refractivity contribution in [2.45, 2.75) is 45.2 Å². The van der Waals surface area contributed by atoms with Crippen molar-refractivity contribution in [3.05, 3.63) is 29.3 Å². The minimum absolute atomic E-state index is 0.00333. The molecule has 0 heterocycles. The van der Waals surface area contributed by atoms with Gasteiger partial charge in [0.1, 0.15) is 4.90 Å². The first-order valence-corrected chi connectivity index (χ1v) is 8.04. The van der Waals surface area contributed by atoms with Gasteiger partial charge >= 0.3 is 0 Å². The smallest absolute Gasteiger partial charge is 0.243 e. The zero-order valence-corrected chi connectivity index (χ0v) is 13.2. The molecular weight excluding hydrogens is 300 g/mol. The molecular formula is C14H19F2NO3S. The number of sulfonamides is 1. The predicted octanol–water partition coefficient (Wildman–Crippen LogP) is 2.17. The molecule has 0 radical (unpaired) electrons. The molecule has 1 aromatic carbocycles. The van der Waals surface area contributed by atoms with Crippen molar-refractivity contribution in [3.63, 3.8) is 0 Å². The average molecular weight is 319 g/mol. The summed E-state index contributed by atoms with van der Waals surface area (Å²) in [7, 11) is -4.20. The fourth-order valence-electron chi connectivity index (χ4n) is 2.61.